The van der Waals surface area contributed by atoms with E-state index in [1.807, 2.05) is 113 Å². The average molecular weight is 779 g/mol. The zero-order chi connectivity index (χ0) is 41.3. The SMILES string of the molecule is Cc1cccc(C=Nc2cc(N=Cc3cccc(C)n3)cc(-c3ccc(-c4ccc(-c5cc(N=Cc6cccc(C)n6)cc(N=Cc6cccc(C)n6)c5)cc4)cc3)c2)n1. The fourth-order valence-electron chi connectivity index (χ4n) is 6.64. The Kier molecular flexibility index (Phi) is 11.8. The highest BCUT2D eigenvalue weighted by atomic mass is 14.8. The number of benzene rings is 4. The summed E-state index contributed by atoms with van der Waals surface area (Å²) in [5.41, 5.74) is 16.4. The smallest absolute Gasteiger partial charge is 0.0815 e. The standard InChI is InChI=1S/C52H42N8/c1-35-9-5-13-45(57-35)31-53-49-25-43(26-50(29-49)54-32-46-14-6-10-36(2)58-46)41-21-17-39(18-22-41)40-19-23-42(24-20-40)44-27-51(55-33-47-15-7-11-37(3)59-47)30-52(28-44)56-34-48-16-8-12-38(4)60-48/h5-34H,1-4H3. The van der Waals surface area contributed by atoms with Crippen LogP contribution < -0.4 is 0 Å². The summed E-state index contributed by atoms with van der Waals surface area (Å²) >= 11 is 0. The van der Waals surface area contributed by atoms with Crippen molar-refractivity contribution in [3.8, 4) is 33.4 Å². The van der Waals surface area contributed by atoms with Crippen LogP contribution >= 0.6 is 0 Å². The molecular weight excluding hydrogens is 737 g/mol. The largest absolute Gasteiger partial charge is 0.255 e. The van der Waals surface area contributed by atoms with E-state index in [9.17, 15) is 0 Å². The van der Waals surface area contributed by atoms with Crippen molar-refractivity contribution in [2.24, 2.45) is 20.0 Å². The molecule has 0 saturated carbocycles. The number of aryl methyl sites for hydroxylation is 4. The summed E-state index contributed by atoms with van der Waals surface area (Å²) in [6, 6.07) is 53.0. The molecule has 0 aliphatic rings. The molecule has 0 spiro atoms. The maximum Gasteiger partial charge on any atom is 0.0815 e. The Morgan fingerprint density at radius 2 is 0.517 bits per heavy atom. The number of hydrogen-bond acceptors (Lipinski definition) is 8. The molecule has 0 aliphatic carbocycles. The van der Waals surface area contributed by atoms with Gasteiger partial charge in [-0.15, -0.1) is 0 Å². The Labute approximate surface area is 350 Å². The van der Waals surface area contributed by atoms with Gasteiger partial charge in [0.2, 0.25) is 0 Å². The first-order chi connectivity index (χ1) is 29.3. The van der Waals surface area contributed by atoms with E-state index < -0.39 is 0 Å². The van der Waals surface area contributed by atoms with E-state index in [0.717, 1.165) is 102 Å². The Balaban J connectivity index is 1.07. The van der Waals surface area contributed by atoms with Gasteiger partial charge in [0.1, 0.15) is 0 Å². The lowest BCUT2D eigenvalue weighted by Crippen LogP contribution is -1.89. The molecule has 0 fully saturated rings. The Morgan fingerprint density at radius 1 is 0.283 bits per heavy atom. The van der Waals surface area contributed by atoms with Crippen LogP contribution in [0.2, 0.25) is 0 Å². The molecule has 290 valence electrons. The minimum atomic E-state index is 0.780. The molecule has 0 saturated heterocycles. The van der Waals surface area contributed by atoms with Gasteiger partial charge in [-0.05, 0) is 146 Å². The summed E-state index contributed by atoms with van der Waals surface area (Å²) < 4.78 is 0. The van der Waals surface area contributed by atoms with Crippen molar-refractivity contribution in [2.75, 3.05) is 0 Å². The van der Waals surface area contributed by atoms with Crippen LogP contribution in [0, 0.1) is 27.7 Å². The number of aromatic nitrogens is 4. The lowest BCUT2D eigenvalue weighted by atomic mass is 9.97. The van der Waals surface area contributed by atoms with Gasteiger partial charge in [-0.3, -0.25) is 39.9 Å². The van der Waals surface area contributed by atoms with Gasteiger partial charge in [-0.1, -0.05) is 72.8 Å². The Bertz CT molecular complexity index is 2560. The molecule has 0 N–H and O–H groups in total. The average Bonchev–Trinajstić information content (AvgIpc) is 3.26. The van der Waals surface area contributed by atoms with Gasteiger partial charge in [-0.25, -0.2) is 0 Å². The fourth-order valence-corrected chi connectivity index (χ4v) is 6.64. The molecule has 8 aromatic rings. The van der Waals surface area contributed by atoms with Gasteiger partial charge in [0.05, 0.1) is 70.4 Å². The quantitative estimate of drug-likeness (QED) is 0.122. The third-order valence-electron chi connectivity index (χ3n) is 9.60. The van der Waals surface area contributed by atoms with Crippen LogP contribution in [0.25, 0.3) is 33.4 Å². The van der Waals surface area contributed by atoms with Crippen molar-refractivity contribution in [3.63, 3.8) is 0 Å². The zero-order valence-electron chi connectivity index (χ0n) is 33.9. The first-order valence-corrected chi connectivity index (χ1v) is 19.7. The normalized spacial score (nSPS) is 11.7. The molecule has 0 unspecified atom stereocenters. The first kappa shape index (κ1) is 39.0. The van der Waals surface area contributed by atoms with E-state index in [2.05, 4.69) is 92.7 Å². The number of aliphatic imine (C=N–C) groups is 4. The summed E-state index contributed by atoms with van der Waals surface area (Å²) in [5, 5.41) is 0. The van der Waals surface area contributed by atoms with Crippen LogP contribution in [0.1, 0.15) is 45.6 Å². The van der Waals surface area contributed by atoms with Crippen LogP contribution in [0.15, 0.2) is 178 Å². The number of nitrogens with zero attached hydrogens (tertiary/aromatic N) is 8. The third-order valence-corrected chi connectivity index (χ3v) is 9.60. The molecule has 8 rings (SSSR count). The number of hydrogen-bond donors (Lipinski definition) is 0. The van der Waals surface area contributed by atoms with Gasteiger partial charge in [0.25, 0.3) is 0 Å². The van der Waals surface area contributed by atoms with Gasteiger partial charge in [0, 0.05) is 22.8 Å². The maximum absolute atomic E-state index is 4.80. The van der Waals surface area contributed by atoms with E-state index in [-0.39, 0.29) is 0 Å². The van der Waals surface area contributed by atoms with Gasteiger partial charge < -0.3 is 0 Å². The molecule has 0 aliphatic heterocycles. The molecule has 0 atom stereocenters. The summed E-state index contributed by atoms with van der Waals surface area (Å²) in [6.45, 7) is 7.89. The summed E-state index contributed by atoms with van der Waals surface area (Å²) in [4.78, 5) is 37.5. The molecule has 4 aromatic heterocycles. The summed E-state index contributed by atoms with van der Waals surface area (Å²) in [5.74, 6) is 0. The van der Waals surface area contributed by atoms with Crippen molar-refractivity contribution < 1.29 is 0 Å². The van der Waals surface area contributed by atoms with Crippen LogP contribution in [0.5, 0.6) is 0 Å². The molecule has 4 heterocycles. The number of pyridine rings is 4. The third kappa shape index (κ3) is 10.4. The summed E-state index contributed by atoms with van der Waals surface area (Å²) in [7, 11) is 0. The van der Waals surface area contributed by atoms with Gasteiger partial charge >= 0.3 is 0 Å². The van der Waals surface area contributed by atoms with E-state index >= 15 is 0 Å². The topological polar surface area (TPSA) is 101 Å². The van der Waals surface area contributed by atoms with Crippen molar-refractivity contribution in [1.29, 1.82) is 0 Å². The molecule has 0 bridgehead atoms. The number of rotatable bonds is 11. The van der Waals surface area contributed by atoms with Crippen molar-refractivity contribution in [3.05, 3.63) is 203 Å². The molecule has 8 nitrogen and oxygen atoms in total. The van der Waals surface area contributed by atoms with Gasteiger partial charge in [-0.2, -0.15) is 0 Å². The highest BCUT2D eigenvalue weighted by molar-refractivity contribution is 5.86. The minimum Gasteiger partial charge on any atom is -0.255 e. The highest BCUT2D eigenvalue weighted by Crippen LogP contribution is 2.34. The predicted molar refractivity (Wildman–Crippen MR) is 248 cm³/mol. The lowest BCUT2D eigenvalue weighted by Gasteiger charge is -2.09. The van der Waals surface area contributed by atoms with E-state index in [0.29, 0.717) is 0 Å². The second kappa shape index (κ2) is 18.2. The van der Waals surface area contributed by atoms with E-state index in [4.69, 9.17) is 20.0 Å². The van der Waals surface area contributed by atoms with E-state index in [1.165, 1.54) is 0 Å². The molecule has 4 aromatic carbocycles. The lowest BCUT2D eigenvalue weighted by molar-refractivity contribution is 1.18. The van der Waals surface area contributed by atoms with Crippen molar-refractivity contribution in [2.45, 2.75) is 27.7 Å². The van der Waals surface area contributed by atoms with Crippen LogP contribution in [0.4, 0.5) is 22.7 Å². The Morgan fingerprint density at radius 3 is 0.750 bits per heavy atom. The van der Waals surface area contributed by atoms with Crippen LogP contribution in [0.3, 0.4) is 0 Å². The maximum atomic E-state index is 4.80. The molecule has 8 heteroatoms. The zero-order valence-corrected chi connectivity index (χ0v) is 33.9. The first-order valence-electron chi connectivity index (χ1n) is 19.7. The monoisotopic (exact) mass is 778 g/mol. The van der Waals surface area contributed by atoms with Crippen molar-refractivity contribution in [1.82, 2.24) is 19.9 Å². The van der Waals surface area contributed by atoms with E-state index in [1.54, 1.807) is 24.9 Å². The second-order valence-electron chi connectivity index (χ2n) is 14.5. The molecule has 0 radical (unpaired) electrons. The van der Waals surface area contributed by atoms with Crippen molar-refractivity contribution >= 4 is 47.6 Å². The predicted octanol–water partition coefficient (Wildman–Crippen LogP) is 12.5. The highest BCUT2D eigenvalue weighted by Gasteiger charge is 2.08. The fraction of sp³-hybridized carbons (Fsp3) is 0.0769. The minimum absolute atomic E-state index is 0.780. The molecular formula is C52H42N8. The molecule has 60 heavy (non-hydrogen) atoms. The van der Waals surface area contributed by atoms with Crippen LogP contribution in [-0.2, 0) is 0 Å². The van der Waals surface area contributed by atoms with Crippen LogP contribution in [-0.4, -0.2) is 44.8 Å². The Hall–Kier alpha value is -7.84. The molecule has 0 amide bonds. The summed E-state index contributed by atoms with van der Waals surface area (Å²) in [6.07, 6.45) is 7.16. The second-order valence-corrected chi connectivity index (χ2v) is 14.5. The van der Waals surface area contributed by atoms with Gasteiger partial charge in [0.15, 0.2) is 0 Å².